The summed E-state index contributed by atoms with van der Waals surface area (Å²) in [5, 5.41) is 18.6. The van der Waals surface area contributed by atoms with Crippen molar-refractivity contribution in [2.45, 2.75) is 52.6 Å². The molecular weight excluding hydrogens is 212 g/mol. The lowest BCUT2D eigenvalue weighted by molar-refractivity contribution is 0.0343. The van der Waals surface area contributed by atoms with Crippen molar-refractivity contribution in [3.63, 3.8) is 0 Å². The van der Waals surface area contributed by atoms with Gasteiger partial charge < -0.3 is 10.0 Å². The summed E-state index contributed by atoms with van der Waals surface area (Å²) in [5.74, 6) is 0.402. The van der Waals surface area contributed by atoms with Crippen LogP contribution in [0.1, 0.15) is 46.5 Å². The first-order valence-corrected chi connectivity index (χ1v) is 6.76. The summed E-state index contributed by atoms with van der Waals surface area (Å²) in [6.45, 7) is 9.28. The van der Waals surface area contributed by atoms with E-state index in [4.69, 9.17) is 5.26 Å². The molecule has 0 aromatic rings. The Kier molecular flexibility index (Phi) is 5.42. The smallest absolute Gasteiger partial charge is 0.0683 e. The molecule has 0 aromatic heterocycles. The van der Waals surface area contributed by atoms with E-state index < -0.39 is 0 Å². The van der Waals surface area contributed by atoms with Crippen molar-refractivity contribution in [3.8, 4) is 6.07 Å². The molecule has 1 heterocycles. The average molecular weight is 238 g/mol. The molecule has 0 radical (unpaired) electrons. The van der Waals surface area contributed by atoms with E-state index in [1.54, 1.807) is 0 Å². The number of rotatable bonds is 5. The molecule has 2 unspecified atom stereocenters. The Morgan fingerprint density at radius 1 is 1.41 bits per heavy atom. The Morgan fingerprint density at radius 2 is 2.12 bits per heavy atom. The first kappa shape index (κ1) is 14.5. The van der Waals surface area contributed by atoms with Gasteiger partial charge in [0.1, 0.15) is 0 Å². The van der Waals surface area contributed by atoms with Gasteiger partial charge in [-0.3, -0.25) is 0 Å². The third-order valence-electron chi connectivity index (χ3n) is 3.77. The van der Waals surface area contributed by atoms with Crippen molar-refractivity contribution in [2.24, 2.45) is 11.3 Å². The molecule has 0 amide bonds. The van der Waals surface area contributed by atoms with E-state index in [1.165, 1.54) is 0 Å². The largest absolute Gasteiger partial charge is 0.393 e. The van der Waals surface area contributed by atoms with Gasteiger partial charge in [-0.2, -0.15) is 5.26 Å². The van der Waals surface area contributed by atoms with Crippen molar-refractivity contribution in [3.05, 3.63) is 0 Å². The molecular formula is C14H26N2O. The van der Waals surface area contributed by atoms with Crippen molar-refractivity contribution in [1.29, 1.82) is 5.26 Å². The lowest BCUT2D eigenvalue weighted by Crippen LogP contribution is -2.42. The summed E-state index contributed by atoms with van der Waals surface area (Å²) >= 11 is 0. The number of aliphatic hydroxyl groups excluding tert-OH is 1. The monoisotopic (exact) mass is 238 g/mol. The fourth-order valence-electron chi connectivity index (χ4n) is 2.38. The fraction of sp³-hybridized carbons (Fsp3) is 0.929. The molecule has 1 N–H and O–H groups in total. The molecule has 2 atom stereocenters. The highest BCUT2D eigenvalue weighted by molar-refractivity contribution is 4.91. The Morgan fingerprint density at radius 3 is 2.71 bits per heavy atom. The maximum atomic E-state index is 9.64. The molecule has 17 heavy (non-hydrogen) atoms. The van der Waals surface area contributed by atoms with Gasteiger partial charge in [0, 0.05) is 13.1 Å². The van der Waals surface area contributed by atoms with Crippen LogP contribution < -0.4 is 0 Å². The number of nitrogens with zero attached hydrogens (tertiary/aromatic N) is 2. The third kappa shape index (κ3) is 5.06. The molecule has 3 heteroatoms. The van der Waals surface area contributed by atoms with E-state index in [1.807, 2.05) is 13.8 Å². The zero-order valence-electron chi connectivity index (χ0n) is 11.4. The van der Waals surface area contributed by atoms with Crippen molar-refractivity contribution >= 4 is 0 Å². The van der Waals surface area contributed by atoms with Crippen LogP contribution in [0.2, 0.25) is 0 Å². The second-order valence-electron chi connectivity index (χ2n) is 6.09. The van der Waals surface area contributed by atoms with Crippen LogP contribution in [0.25, 0.3) is 0 Å². The van der Waals surface area contributed by atoms with E-state index in [2.05, 4.69) is 17.9 Å². The zero-order chi connectivity index (χ0) is 12.9. The number of aliphatic hydroxyl groups is 1. The minimum Gasteiger partial charge on any atom is -0.393 e. The maximum Gasteiger partial charge on any atom is 0.0683 e. The molecule has 3 nitrogen and oxygen atoms in total. The van der Waals surface area contributed by atoms with Gasteiger partial charge in [0.05, 0.1) is 17.6 Å². The van der Waals surface area contributed by atoms with Crippen LogP contribution in [0, 0.1) is 22.7 Å². The molecule has 0 spiro atoms. The minimum absolute atomic E-state index is 0.108. The van der Waals surface area contributed by atoms with Crippen LogP contribution >= 0.6 is 0 Å². The van der Waals surface area contributed by atoms with Crippen LogP contribution in [0.4, 0.5) is 0 Å². The van der Waals surface area contributed by atoms with Crippen LogP contribution in [-0.4, -0.2) is 35.7 Å². The van der Waals surface area contributed by atoms with E-state index in [9.17, 15) is 5.11 Å². The third-order valence-corrected chi connectivity index (χ3v) is 3.77. The molecule has 1 aliphatic rings. The van der Waals surface area contributed by atoms with Crippen molar-refractivity contribution in [1.82, 2.24) is 4.90 Å². The quantitative estimate of drug-likeness (QED) is 0.748. The summed E-state index contributed by atoms with van der Waals surface area (Å²) < 4.78 is 0. The highest BCUT2D eigenvalue weighted by atomic mass is 16.3. The van der Waals surface area contributed by atoms with Gasteiger partial charge in [0.15, 0.2) is 0 Å². The molecule has 0 bridgehead atoms. The van der Waals surface area contributed by atoms with Gasteiger partial charge in [-0.25, -0.2) is 0 Å². The van der Waals surface area contributed by atoms with Crippen LogP contribution in [0.3, 0.4) is 0 Å². The SMILES string of the molecule is CC1CN(CCCCC(C)(C)C#N)CCC1O. The summed E-state index contributed by atoms with van der Waals surface area (Å²) in [5.41, 5.74) is -0.175. The van der Waals surface area contributed by atoms with E-state index in [-0.39, 0.29) is 11.5 Å². The fourth-order valence-corrected chi connectivity index (χ4v) is 2.38. The molecule has 98 valence electrons. The summed E-state index contributed by atoms with van der Waals surface area (Å²) in [4.78, 5) is 2.44. The number of piperidine rings is 1. The number of hydrogen-bond acceptors (Lipinski definition) is 3. The van der Waals surface area contributed by atoms with Gasteiger partial charge in [-0.15, -0.1) is 0 Å². The molecule has 1 saturated heterocycles. The van der Waals surface area contributed by atoms with Crippen LogP contribution in [0.15, 0.2) is 0 Å². The summed E-state index contributed by atoms with van der Waals surface area (Å²) in [7, 11) is 0. The van der Waals surface area contributed by atoms with Gasteiger partial charge >= 0.3 is 0 Å². The molecule has 1 aliphatic heterocycles. The van der Waals surface area contributed by atoms with Gasteiger partial charge in [0.25, 0.3) is 0 Å². The van der Waals surface area contributed by atoms with Crippen LogP contribution in [-0.2, 0) is 0 Å². The Labute approximate surface area is 105 Å². The van der Waals surface area contributed by atoms with Gasteiger partial charge in [0.2, 0.25) is 0 Å². The summed E-state index contributed by atoms with van der Waals surface area (Å²) in [6, 6.07) is 2.35. The predicted molar refractivity (Wildman–Crippen MR) is 69.5 cm³/mol. The van der Waals surface area contributed by atoms with Gasteiger partial charge in [-0.05, 0) is 45.6 Å². The number of unbranched alkanes of at least 4 members (excludes halogenated alkanes) is 1. The molecule has 1 rings (SSSR count). The van der Waals surface area contributed by atoms with E-state index >= 15 is 0 Å². The number of likely N-dealkylation sites (tertiary alicyclic amines) is 1. The highest BCUT2D eigenvalue weighted by Gasteiger charge is 2.23. The second kappa shape index (κ2) is 6.37. The van der Waals surface area contributed by atoms with E-state index in [0.29, 0.717) is 5.92 Å². The number of nitriles is 1. The van der Waals surface area contributed by atoms with Crippen molar-refractivity contribution in [2.75, 3.05) is 19.6 Å². The summed E-state index contributed by atoms with van der Waals surface area (Å²) in [6.07, 6.45) is 4.06. The molecule has 0 aromatic carbocycles. The topological polar surface area (TPSA) is 47.3 Å². The molecule has 0 aliphatic carbocycles. The Hall–Kier alpha value is -0.590. The van der Waals surface area contributed by atoms with Crippen molar-refractivity contribution < 1.29 is 5.11 Å². The van der Waals surface area contributed by atoms with Crippen LogP contribution in [0.5, 0.6) is 0 Å². The normalized spacial score (nSPS) is 26.8. The first-order chi connectivity index (χ1) is 7.94. The highest BCUT2D eigenvalue weighted by Crippen LogP contribution is 2.22. The minimum atomic E-state index is -0.175. The Bertz CT molecular complexity index is 270. The average Bonchev–Trinajstić information content (AvgIpc) is 2.29. The second-order valence-corrected chi connectivity index (χ2v) is 6.09. The Balaban J connectivity index is 2.14. The first-order valence-electron chi connectivity index (χ1n) is 6.76. The lowest BCUT2D eigenvalue weighted by Gasteiger charge is -2.34. The molecule has 0 saturated carbocycles. The standard InChI is InChI=1S/C14H26N2O/c1-12-10-16(9-6-13(12)17)8-5-4-7-14(2,3)11-15/h12-13,17H,4-10H2,1-3H3. The maximum absolute atomic E-state index is 9.64. The number of hydrogen-bond donors (Lipinski definition) is 1. The lowest BCUT2D eigenvalue weighted by atomic mass is 9.89. The predicted octanol–water partition coefficient (Wildman–Crippen LogP) is 2.41. The van der Waals surface area contributed by atoms with E-state index in [0.717, 1.165) is 45.3 Å². The zero-order valence-corrected chi connectivity index (χ0v) is 11.4. The van der Waals surface area contributed by atoms with Gasteiger partial charge in [-0.1, -0.05) is 13.3 Å². The molecule has 1 fully saturated rings.